The minimum Gasteiger partial charge on any atom is -0.313 e. The number of hydrogen-bond donors (Lipinski definition) is 1. The average molecular weight is 334 g/mol. The summed E-state index contributed by atoms with van der Waals surface area (Å²) in [7, 11) is 0. The molecule has 2 amide bonds. The van der Waals surface area contributed by atoms with Crippen LogP contribution in [0.4, 0.5) is 0 Å². The highest BCUT2D eigenvalue weighted by Crippen LogP contribution is 2.33. The second-order valence-electron chi connectivity index (χ2n) is 5.95. The SMILES string of the molecule is [N-]=[N+]=NCc1ccc2c(c1)c1cccnc1n2C1CCC(=O)NC1=O. The Bertz CT molecular complexity index is 1060. The zero-order chi connectivity index (χ0) is 17.4. The number of aromatic nitrogens is 2. The normalized spacial score (nSPS) is 17.5. The van der Waals surface area contributed by atoms with Gasteiger partial charge in [-0.3, -0.25) is 14.9 Å². The third-order valence-electron chi connectivity index (χ3n) is 4.46. The van der Waals surface area contributed by atoms with Crippen LogP contribution in [0.15, 0.2) is 41.6 Å². The van der Waals surface area contributed by atoms with Gasteiger partial charge >= 0.3 is 0 Å². The predicted octanol–water partition coefficient (Wildman–Crippen LogP) is 2.98. The highest BCUT2D eigenvalue weighted by Gasteiger charge is 2.30. The number of pyridine rings is 1. The Hall–Kier alpha value is -3.38. The van der Waals surface area contributed by atoms with Crippen molar-refractivity contribution in [3.8, 4) is 0 Å². The topological polar surface area (TPSA) is 113 Å². The summed E-state index contributed by atoms with van der Waals surface area (Å²) in [5, 5.41) is 7.87. The highest BCUT2D eigenvalue weighted by atomic mass is 16.2. The lowest BCUT2D eigenvalue weighted by molar-refractivity contribution is -0.135. The zero-order valence-corrected chi connectivity index (χ0v) is 13.2. The van der Waals surface area contributed by atoms with Gasteiger partial charge < -0.3 is 4.57 Å². The molecule has 124 valence electrons. The first-order valence-corrected chi connectivity index (χ1v) is 7.91. The molecule has 0 spiro atoms. The Morgan fingerprint density at radius 2 is 2.20 bits per heavy atom. The molecule has 8 nitrogen and oxygen atoms in total. The van der Waals surface area contributed by atoms with E-state index in [0.29, 0.717) is 18.5 Å². The van der Waals surface area contributed by atoms with Crippen molar-refractivity contribution in [1.29, 1.82) is 0 Å². The molecule has 8 heteroatoms. The first kappa shape index (κ1) is 15.2. The van der Waals surface area contributed by atoms with Crippen LogP contribution >= 0.6 is 0 Å². The number of benzene rings is 1. The predicted molar refractivity (Wildman–Crippen MR) is 91.5 cm³/mol. The van der Waals surface area contributed by atoms with Crippen LogP contribution < -0.4 is 5.32 Å². The monoisotopic (exact) mass is 334 g/mol. The van der Waals surface area contributed by atoms with Crippen LogP contribution in [0.3, 0.4) is 0 Å². The third kappa shape index (κ3) is 2.49. The van der Waals surface area contributed by atoms with Crippen LogP contribution in [0.5, 0.6) is 0 Å². The van der Waals surface area contributed by atoms with Crippen molar-refractivity contribution in [3.63, 3.8) is 0 Å². The van der Waals surface area contributed by atoms with E-state index in [2.05, 4.69) is 20.3 Å². The molecule has 1 aliphatic heterocycles. The summed E-state index contributed by atoms with van der Waals surface area (Å²) in [6, 6.07) is 9.05. The van der Waals surface area contributed by atoms with Crippen LogP contribution in [0.2, 0.25) is 0 Å². The van der Waals surface area contributed by atoms with Gasteiger partial charge in [-0.05, 0) is 41.8 Å². The Labute approximate surface area is 142 Å². The van der Waals surface area contributed by atoms with Gasteiger partial charge in [-0.1, -0.05) is 11.2 Å². The molecule has 2 aromatic heterocycles. The number of fused-ring (bicyclic) bond motifs is 3. The molecule has 3 aromatic rings. The maximum absolute atomic E-state index is 12.4. The minimum absolute atomic E-state index is 0.244. The number of rotatable bonds is 3. The van der Waals surface area contributed by atoms with Gasteiger partial charge in [-0.15, -0.1) is 0 Å². The van der Waals surface area contributed by atoms with E-state index in [-0.39, 0.29) is 18.4 Å². The second-order valence-corrected chi connectivity index (χ2v) is 5.95. The Morgan fingerprint density at radius 3 is 3.00 bits per heavy atom. The molecule has 4 rings (SSSR count). The maximum atomic E-state index is 12.4. The Kier molecular flexibility index (Phi) is 3.59. The number of imide groups is 1. The van der Waals surface area contributed by atoms with Crippen LogP contribution in [0, 0.1) is 0 Å². The van der Waals surface area contributed by atoms with Crippen LogP contribution in [-0.2, 0) is 16.1 Å². The van der Waals surface area contributed by atoms with Gasteiger partial charge in [0.25, 0.3) is 0 Å². The largest absolute Gasteiger partial charge is 0.313 e. The first-order valence-electron chi connectivity index (χ1n) is 7.91. The molecule has 1 saturated heterocycles. The van der Waals surface area contributed by atoms with E-state index < -0.39 is 6.04 Å². The van der Waals surface area contributed by atoms with Gasteiger partial charge in [0.15, 0.2) is 0 Å². The number of carbonyl (C=O) groups excluding carboxylic acids is 2. The second kappa shape index (κ2) is 5.92. The van der Waals surface area contributed by atoms with E-state index in [1.165, 1.54) is 0 Å². The van der Waals surface area contributed by atoms with Crippen molar-refractivity contribution in [2.24, 2.45) is 5.11 Å². The van der Waals surface area contributed by atoms with Crippen molar-refractivity contribution in [3.05, 3.63) is 52.5 Å². The van der Waals surface area contributed by atoms with Gasteiger partial charge in [0.1, 0.15) is 11.7 Å². The maximum Gasteiger partial charge on any atom is 0.249 e. The van der Waals surface area contributed by atoms with E-state index in [9.17, 15) is 9.59 Å². The number of carbonyl (C=O) groups is 2. The summed E-state index contributed by atoms with van der Waals surface area (Å²) < 4.78 is 1.89. The molecule has 0 saturated carbocycles. The fourth-order valence-electron chi connectivity index (χ4n) is 3.38. The number of nitrogens with one attached hydrogen (secondary N) is 1. The van der Waals surface area contributed by atoms with Crippen molar-refractivity contribution in [2.45, 2.75) is 25.4 Å². The Morgan fingerprint density at radius 1 is 1.32 bits per heavy atom. The molecule has 1 N–H and O–H groups in total. The molecule has 1 aliphatic rings. The highest BCUT2D eigenvalue weighted by molar-refractivity contribution is 6.09. The summed E-state index contributed by atoms with van der Waals surface area (Å²) in [4.78, 5) is 31.1. The van der Waals surface area contributed by atoms with Crippen molar-refractivity contribution in [2.75, 3.05) is 0 Å². The van der Waals surface area contributed by atoms with E-state index in [0.717, 1.165) is 21.9 Å². The number of amides is 2. The summed E-state index contributed by atoms with van der Waals surface area (Å²) in [5.41, 5.74) is 11.0. The van der Waals surface area contributed by atoms with Crippen molar-refractivity contribution >= 4 is 33.8 Å². The van der Waals surface area contributed by atoms with Crippen LogP contribution in [0.25, 0.3) is 32.4 Å². The van der Waals surface area contributed by atoms with Crippen LogP contribution in [-0.4, -0.2) is 21.4 Å². The van der Waals surface area contributed by atoms with E-state index in [1.54, 1.807) is 6.20 Å². The lowest BCUT2D eigenvalue weighted by Gasteiger charge is -2.23. The lowest BCUT2D eigenvalue weighted by Crippen LogP contribution is -2.41. The molecule has 0 bridgehead atoms. The molecule has 0 radical (unpaired) electrons. The van der Waals surface area contributed by atoms with Crippen molar-refractivity contribution in [1.82, 2.24) is 14.9 Å². The van der Waals surface area contributed by atoms with Gasteiger partial charge in [0.2, 0.25) is 11.8 Å². The zero-order valence-electron chi connectivity index (χ0n) is 13.2. The number of nitrogens with zero attached hydrogens (tertiary/aromatic N) is 5. The molecule has 1 atom stereocenters. The Balaban J connectivity index is 1.94. The molecular weight excluding hydrogens is 320 g/mol. The summed E-state index contributed by atoms with van der Waals surface area (Å²) >= 11 is 0. The van der Waals surface area contributed by atoms with E-state index in [4.69, 9.17) is 5.53 Å². The van der Waals surface area contributed by atoms with Gasteiger partial charge in [0.05, 0.1) is 12.1 Å². The number of azide groups is 1. The van der Waals surface area contributed by atoms with E-state index in [1.807, 2.05) is 34.9 Å². The molecule has 1 fully saturated rings. The standard InChI is InChI=1S/C17H14N6O2/c18-22-20-9-10-3-4-13-12(8-10)11-2-1-7-19-16(11)23(13)14-5-6-15(24)21-17(14)25/h1-4,7-8,14H,5-6,9H2,(H,21,24,25). The lowest BCUT2D eigenvalue weighted by atomic mass is 10.1. The molecule has 1 aromatic carbocycles. The number of hydrogen-bond acceptors (Lipinski definition) is 4. The third-order valence-corrected chi connectivity index (χ3v) is 4.46. The molecule has 25 heavy (non-hydrogen) atoms. The van der Waals surface area contributed by atoms with E-state index >= 15 is 0 Å². The molecule has 1 unspecified atom stereocenters. The summed E-state index contributed by atoms with van der Waals surface area (Å²) in [6.45, 7) is 0.262. The number of piperidine rings is 1. The van der Waals surface area contributed by atoms with Gasteiger partial charge in [0, 0.05) is 28.3 Å². The quantitative estimate of drug-likeness (QED) is 0.344. The fraction of sp³-hybridized carbons (Fsp3) is 0.235. The fourth-order valence-corrected chi connectivity index (χ4v) is 3.38. The smallest absolute Gasteiger partial charge is 0.249 e. The van der Waals surface area contributed by atoms with Gasteiger partial charge in [-0.2, -0.15) is 0 Å². The first-order chi connectivity index (χ1) is 12.2. The van der Waals surface area contributed by atoms with Gasteiger partial charge in [-0.25, -0.2) is 4.98 Å². The summed E-state index contributed by atoms with van der Waals surface area (Å²) in [5.74, 6) is -0.550. The molecular formula is C17H14N6O2. The minimum atomic E-state index is -0.476. The summed E-state index contributed by atoms with van der Waals surface area (Å²) in [6.07, 6.45) is 2.43. The molecule has 0 aliphatic carbocycles. The van der Waals surface area contributed by atoms with Crippen LogP contribution in [0.1, 0.15) is 24.4 Å². The van der Waals surface area contributed by atoms with Crippen molar-refractivity contribution < 1.29 is 9.59 Å². The average Bonchev–Trinajstić information content (AvgIpc) is 2.94. The molecule has 3 heterocycles.